The molecule has 2 unspecified atom stereocenters. The number of amides is 1. The van der Waals surface area contributed by atoms with E-state index in [0.29, 0.717) is 24.3 Å². The van der Waals surface area contributed by atoms with Gasteiger partial charge in [-0.1, -0.05) is 37.3 Å². The number of nitrogens with zero attached hydrogens (tertiary/aromatic N) is 1. The molecule has 0 bridgehead atoms. The van der Waals surface area contributed by atoms with E-state index in [1.165, 1.54) is 5.56 Å². The summed E-state index contributed by atoms with van der Waals surface area (Å²) in [6.45, 7) is 3.92. The highest BCUT2D eigenvalue weighted by Gasteiger charge is 2.34. The molecular formula is C17H26N2O. The van der Waals surface area contributed by atoms with Gasteiger partial charge in [0, 0.05) is 31.5 Å². The van der Waals surface area contributed by atoms with Crippen molar-refractivity contribution in [1.29, 1.82) is 0 Å². The van der Waals surface area contributed by atoms with E-state index >= 15 is 0 Å². The van der Waals surface area contributed by atoms with Gasteiger partial charge in [-0.3, -0.25) is 4.79 Å². The molecule has 1 aromatic carbocycles. The van der Waals surface area contributed by atoms with Crippen LogP contribution < -0.4 is 5.32 Å². The van der Waals surface area contributed by atoms with Gasteiger partial charge in [0.15, 0.2) is 0 Å². The number of carbonyl (C=O) groups is 1. The Morgan fingerprint density at radius 2 is 2.15 bits per heavy atom. The molecule has 0 radical (unpaired) electrons. The zero-order valence-electron chi connectivity index (χ0n) is 12.6. The Labute approximate surface area is 122 Å². The molecule has 1 aliphatic rings. The van der Waals surface area contributed by atoms with Gasteiger partial charge in [0.05, 0.1) is 0 Å². The van der Waals surface area contributed by atoms with E-state index in [0.717, 1.165) is 32.4 Å². The van der Waals surface area contributed by atoms with Gasteiger partial charge in [-0.15, -0.1) is 0 Å². The monoisotopic (exact) mass is 274 g/mol. The summed E-state index contributed by atoms with van der Waals surface area (Å²) in [6.07, 6.45) is 3.97. The van der Waals surface area contributed by atoms with Crippen molar-refractivity contribution < 1.29 is 4.79 Å². The summed E-state index contributed by atoms with van der Waals surface area (Å²) in [6, 6.07) is 11.0. The highest BCUT2D eigenvalue weighted by Crippen LogP contribution is 2.33. The molecule has 3 nitrogen and oxygen atoms in total. The van der Waals surface area contributed by atoms with Gasteiger partial charge in [0.1, 0.15) is 0 Å². The number of rotatable bonds is 6. The minimum Gasteiger partial charge on any atom is -0.339 e. The Bertz CT molecular complexity index is 418. The largest absolute Gasteiger partial charge is 0.339 e. The molecule has 0 aliphatic carbocycles. The fourth-order valence-corrected chi connectivity index (χ4v) is 3.33. The molecule has 1 amide bonds. The van der Waals surface area contributed by atoms with E-state index in [-0.39, 0.29) is 0 Å². The van der Waals surface area contributed by atoms with Crippen LogP contribution in [0.1, 0.15) is 44.1 Å². The van der Waals surface area contributed by atoms with E-state index in [2.05, 4.69) is 47.5 Å². The van der Waals surface area contributed by atoms with Gasteiger partial charge in [-0.2, -0.15) is 0 Å². The van der Waals surface area contributed by atoms with E-state index in [9.17, 15) is 4.79 Å². The molecule has 1 N–H and O–H groups in total. The second-order valence-corrected chi connectivity index (χ2v) is 5.58. The molecule has 0 spiro atoms. The van der Waals surface area contributed by atoms with Crippen molar-refractivity contribution in [3.63, 3.8) is 0 Å². The lowest BCUT2D eigenvalue weighted by molar-refractivity contribution is -0.132. The minimum absolute atomic E-state index is 0.302. The zero-order chi connectivity index (χ0) is 14.4. The highest BCUT2D eigenvalue weighted by molar-refractivity contribution is 5.77. The van der Waals surface area contributed by atoms with Gasteiger partial charge >= 0.3 is 0 Å². The number of hydrogen-bond acceptors (Lipinski definition) is 2. The minimum atomic E-state index is 0.302. The van der Waals surface area contributed by atoms with Crippen molar-refractivity contribution in [2.75, 3.05) is 20.1 Å². The lowest BCUT2D eigenvalue weighted by Gasteiger charge is -2.31. The molecule has 1 aliphatic heterocycles. The quantitative estimate of drug-likeness (QED) is 0.865. The third-order valence-electron chi connectivity index (χ3n) is 4.34. The second kappa shape index (κ2) is 7.44. The van der Waals surface area contributed by atoms with Crippen LogP contribution in [-0.4, -0.2) is 37.0 Å². The molecule has 2 atom stereocenters. The van der Waals surface area contributed by atoms with Gasteiger partial charge in [-0.25, -0.2) is 0 Å². The van der Waals surface area contributed by atoms with Crippen molar-refractivity contribution in [1.82, 2.24) is 10.2 Å². The topological polar surface area (TPSA) is 32.3 Å². The van der Waals surface area contributed by atoms with Gasteiger partial charge in [0.25, 0.3) is 0 Å². The number of benzene rings is 1. The molecule has 20 heavy (non-hydrogen) atoms. The predicted molar refractivity (Wildman–Crippen MR) is 82.8 cm³/mol. The predicted octanol–water partition coefficient (Wildman–Crippen LogP) is 2.78. The van der Waals surface area contributed by atoms with Crippen molar-refractivity contribution >= 4 is 5.91 Å². The number of likely N-dealkylation sites (tertiary alicyclic amines) is 1. The Balaban J connectivity index is 2.10. The summed E-state index contributed by atoms with van der Waals surface area (Å²) in [4.78, 5) is 14.5. The van der Waals surface area contributed by atoms with E-state index < -0.39 is 0 Å². The molecule has 1 aromatic rings. The number of nitrogens with one attached hydrogen (secondary N) is 1. The van der Waals surface area contributed by atoms with Crippen molar-refractivity contribution in [2.24, 2.45) is 0 Å². The molecule has 1 fully saturated rings. The van der Waals surface area contributed by atoms with E-state index in [4.69, 9.17) is 0 Å². The number of hydrogen-bond donors (Lipinski definition) is 1. The average Bonchev–Trinajstić information content (AvgIpc) is 2.96. The summed E-state index contributed by atoms with van der Waals surface area (Å²) in [5.41, 5.74) is 1.37. The zero-order valence-corrected chi connectivity index (χ0v) is 12.6. The van der Waals surface area contributed by atoms with E-state index in [1.54, 1.807) is 0 Å². The summed E-state index contributed by atoms with van der Waals surface area (Å²) in [5.74, 6) is 0.772. The lowest BCUT2D eigenvalue weighted by atomic mass is 9.87. The Hall–Kier alpha value is -1.35. The maximum atomic E-state index is 12.4. The van der Waals surface area contributed by atoms with Crippen LogP contribution in [0.4, 0.5) is 0 Å². The fraction of sp³-hybridized carbons (Fsp3) is 0.588. The lowest BCUT2D eigenvalue weighted by Crippen LogP contribution is -2.40. The SMILES string of the molecule is CCC(c1ccccc1)C1CCCN1C(=O)CCNC. The van der Waals surface area contributed by atoms with Crippen molar-refractivity contribution in [2.45, 2.75) is 44.6 Å². The molecule has 0 aromatic heterocycles. The summed E-state index contributed by atoms with van der Waals surface area (Å²) >= 11 is 0. The fourth-order valence-electron chi connectivity index (χ4n) is 3.33. The normalized spacial score (nSPS) is 20.1. The molecule has 1 heterocycles. The van der Waals surface area contributed by atoms with Gasteiger partial charge in [-0.05, 0) is 31.9 Å². The molecule has 1 saturated heterocycles. The van der Waals surface area contributed by atoms with E-state index in [1.807, 2.05) is 7.05 Å². The summed E-state index contributed by atoms with van der Waals surface area (Å²) < 4.78 is 0. The molecular weight excluding hydrogens is 248 g/mol. The molecule has 0 saturated carbocycles. The first kappa shape index (κ1) is 15.0. The van der Waals surface area contributed by atoms with Crippen LogP contribution in [0.15, 0.2) is 30.3 Å². The Kier molecular flexibility index (Phi) is 5.60. The van der Waals surface area contributed by atoms with Crippen LogP contribution >= 0.6 is 0 Å². The third-order valence-corrected chi connectivity index (χ3v) is 4.34. The first-order chi connectivity index (χ1) is 9.77. The smallest absolute Gasteiger partial charge is 0.224 e. The van der Waals surface area contributed by atoms with Crippen LogP contribution in [0.3, 0.4) is 0 Å². The maximum absolute atomic E-state index is 12.4. The van der Waals surface area contributed by atoms with Crippen LogP contribution in [0, 0.1) is 0 Å². The summed E-state index contributed by atoms with van der Waals surface area (Å²) in [5, 5.41) is 3.06. The van der Waals surface area contributed by atoms with Crippen LogP contribution in [0.5, 0.6) is 0 Å². The third kappa shape index (κ3) is 3.40. The van der Waals surface area contributed by atoms with Crippen molar-refractivity contribution in [3.8, 4) is 0 Å². The maximum Gasteiger partial charge on any atom is 0.224 e. The summed E-state index contributed by atoms with van der Waals surface area (Å²) in [7, 11) is 1.90. The Morgan fingerprint density at radius 3 is 2.80 bits per heavy atom. The molecule has 3 heteroatoms. The first-order valence-corrected chi connectivity index (χ1v) is 7.77. The van der Waals surface area contributed by atoms with Gasteiger partial charge in [0.2, 0.25) is 5.91 Å². The van der Waals surface area contributed by atoms with Crippen molar-refractivity contribution in [3.05, 3.63) is 35.9 Å². The Morgan fingerprint density at radius 1 is 1.40 bits per heavy atom. The molecule has 2 rings (SSSR count). The second-order valence-electron chi connectivity index (χ2n) is 5.58. The highest BCUT2D eigenvalue weighted by atomic mass is 16.2. The number of carbonyl (C=O) groups excluding carboxylic acids is 1. The van der Waals surface area contributed by atoms with Crippen LogP contribution in [0.25, 0.3) is 0 Å². The standard InChI is InChI=1S/C17H26N2O/c1-3-15(14-8-5-4-6-9-14)16-10-7-13-19(16)17(20)11-12-18-2/h4-6,8-9,15-16,18H,3,7,10-13H2,1-2H3. The first-order valence-electron chi connectivity index (χ1n) is 7.77. The van der Waals surface area contributed by atoms with Gasteiger partial charge < -0.3 is 10.2 Å². The van der Waals surface area contributed by atoms with Crippen LogP contribution in [0.2, 0.25) is 0 Å². The average molecular weight is 274 g/mol. The van der Waals surface area contributed by atoms with Crippen LogP contribution in [-0.2, 0) is 4.79 Å². The molecule has 110 valence electrons.